The lowest BCUT2D eigenvalue weighted by atomic mass is 10.3. The fourth-order valence-electron chi connectivity index (χ4n) is 1.63. The fourth-order valence-corrected chi connectivity index (χ4v) is 1.63. The Hall–Kier alpha value is -0.830. The monoisotopic (exact) mass is 153 g/mol. The maximum atomic E-state index is 11.3. The van der Waals surface area contributed by atoms with Crippen molar-refractivity contribution < 1.29 is 9.53 Å². The molecule has 0 atom stereocenters. The first-order valence-corrected chi connectivity index (χ1v) is 3.77. The molecule has 0 aromatic rings. The van der Waals surface area contributed by atoms with Gasteiger partial charge in [0.05, 0.1) is 6.61 Å². The molecule has 2 rings (SSSR count). The minimum Gasteiger partial charge on any atom is -0.350 e. The van der Waals surface area contributed by atoms with Gasteiger partial charge >= 0.3 is 0 Å². The number of rotatable bonds is 0. The summed E-state index contributed by atoms with van der Waals surface area (Å²) >= 11 is 0. The molecule has 0 aromatic heterocycles. The zero-order valence-corrected chi connectivity index (χ0v) is 6.76. The van der Waals surface area contributed by atoms with Crippen LogP contribution in [0.5, 0.6) is 0 Å². The Balaban J connectivity index is 2.36. The predicted molar refractivity (Wildman–Crippen MR) is 39.6 cm³/mol. The third kappa shape index (κ3) is 0.807. The van der Waals surface area contributed by atoms with Crippen molar-refractivity contribution in [2.24, 2.45) is 0 Å². The van der Waals surface area contributed by atoms with Crippen molar-refractivity contribution in [1.82, 2.24) is 4.90 Å². The summed E-state index contributed by atoms with van der Waals surface area (Å²) in [6.45, 7) is 4.41. The second kappa shape index (κ2) is 1.85. The molecule has 2 aliphatic heterocycles. The minimum atomic E-state index is -0.417. The largest absolute Gasteiger partial charge is 0.350 e. The molecule has 0 unspecified atom stereocenters. The molecule has 3 heteroatoms. The molecule has 2 heterocycles. The van der Waals surface area contributed by atoms with Crippen molar-refractivity contribution in [2.75, 3.05) is 6.61 Å². The van der Waals surface area contributed by atoms with Crippen molar-refractivity contribution in [3.05, 3.63) is 11.8 Å². The van der Waals surface area contributed by atoms with Gasteiger partial charge in [-0.3, -0.25) is 9.69 Å². The van der Waals surface area contributed by atoms with E-state index in [-0.39, 0.29) is 5.91 Å². The van der Waals surface area contributed by atoms with Crippen molar-refractivity contribution in [3.63, 3.8) is 0 Å². The normalized spacial score (nSPS) is 27.3. The van der Waals surface area contributed by atoms with E-state index in [1.54, 1.807) is 4.90 Å². The molecular formula is C8H11NO2. The molecule has 0 bridgehead atoms. The maximum Gasteiger partial charge on any atom is 0.232 e. The Kier molecular flexibility index (Phi) is 1.16. The first-order valence-electron chi connectivity index (χ1n) is 3.77. The summed E-state index contributed by atoms with van der Waals surface area (Å²) in [5, 5.41) is 0. The minimum absolute atomic E-state index is 0.155. The van der Waals surface area contributed by atoms with Crippen molar-refractivity contribution in [1.29, 1.82) is 0 Å². The highest BCUT2D eigenvalue weighted by atomic mass is 16.5. The average molecular weight is 153 g/mol. The van der Waals surface area contributed by atoms with Crippen molar-refractivity contribution in [3.8, 4) is 0 Å². The summed E-state index contributed by atoms with van der Waals surface area (Å²) < 4.78 is 5.41. The van der Waals surface area contributed by atoms with E-state index < -0.39 is 5.72 Å². The van der Waals surface area contributed by atoms with E-state index in [2.05, 4.69) is 0 Å². The Morgan fingerprint density at radius 2 is 2.36 bits per heavy atom. The summed E-state index contributed by atoms with van der Waals surface area (Å²) in [5.74, 6) is 0.155. The van der Waals surface area contributed by atoms with Crippen LogP contribution in [-0.2, 0) is 9.53 Å². The predicted octanol–water partition coefficient (Wildman–Crippen LogP) is 0.869. The summed E-state index contributed by atoms with van der Waals surface area (Å²) in [6, 6.07) is 0. The molecule has 0 radical (unpaired) electrons. The van der Waals surface area contributed by atoms with E-state index >= 15 is 0 Å². The highest BCUT2D eigenvalue weighted by Gasteiger charge is 2.42. The number of fused-ring (bicyclic) bond motifs is 1. The first kappa shape index (κ1) is 6.85. The lowest BCUT2D eigenvalue weighted by molar-refractivity contribution is -0.140. The number of carbonyl (C=O) groups excluding carboxylic acids is 1. The van der Waals surface area contributed by atoms with Gasteiger partial charge in [0.25, 0.3) is 0 Å². The van der Waals surface area contributed by atoms with E-state index in [1.165, 1.54) is 0 Å². The van der Waals surface area contributed by atoms with Gasteiger partial charge in [0.15, 0.2) is 0 Å². The molecule has 1 amide bonds. The van der Waals surface area contributed by atoms with Crippen LogP contribution < -0.4 is 0 Å². The second-order valence-electron chi connectivity index (χ2n) is 3.36. The molecular weight excluding hydrogens is 142 g/mol. The third-order valence-corrected chi connectivity index (χ3v) is 2.16. The van der Waals surface area contributed by atoms with Gasteiger partial charge in [0.1, 0.15) is 5.72 Å². The van der Waals surface area contributed by atoms with Gasteiger partial charge in [-0.1, -0.05) is 6.08 Å². The Labute approximate surface area is 65.6 Å². The van der Waals surface area contributed by atoms with Crippen LogP contribution in [0.2, 0.25) is 0 Å². The molecule has 0 spiro atoms. The number of hydrogen-bond donors (Lipinski definition) is 0. The van der Waals surface area contributed by atoms with Gasteiger partial charge in [0.2, 0.25) is 5.91 Å². The molecule has 2 aliphatic rings. The van der Waals surface area contributed by atoms with Gasteiger partial charge in [-0.05, 0) is 13.8 Å². The summed E-state index contributed by atoms with van der Waals surface area (Å²) in [6.07, 6.45) is 2.49. The standard InChI is InChI=1S/C8H11NO2/c1-8(2)9-6(5-11-8)3-4-7(9)10/h3H,4-5H2,1-2H3. The van der Waals surface area contributed by atoms with Crippen LogP contribution in [0.3, 0.4) is 0 Å². The average Bonchev–Trinajstić information content (AvgIpc) is 2.38. The summed E-state index contributed by atoms with van der Waals surface area (Å²) in [7, 11) is 0. The Morgan fingerprint density at radius 3 is 3.00 bits per heavy atom. The van der Waals surface area contributed by atoms with Crippen LogP contribution in [0.1, 0.15) is 20.3 Å². The van der Waals surface area contributed by atoms with Crippen LogP contribution in [0.15, 0.2) is 11.8 Å². The van der Waals surface area contributed by atoms with Crippen molar-refractivity contribution in [2.45, 2.75) is 26.0 Å². The van der Waals surface area contributed by atoms with Gasteiger partial charge in [-0.2, -0.15) is 0 Å². The number of nitrogens with zero attached hydrogens (tertiary/aromatic N) is 1. The van der Waals surface area contributed by atoms with Crippen LogP contribution in [-0.4, -0.2) is 23.1 Å². The third-order valence-electron chi connectivity index (χ3n) is 2.16. The van der Waals surface area contributed by atoms with Gasteiger partial charge in [-0.15, -0.1) is 0 Å². The first-order chi connectivity index (χ1) is 5.11. The zero-order valence-electron chi connectivity index (χ0n) is 6.76. The van der Waals surface area contributed by atoms with Crippen LogP contribution in [0, 0.1) is 0 Å². The SMILES string of the molecule is CC1(C)OCC2=CCC(=O)N21. The number of hydrogen-bond acceptors (Lipinski definition) is 2. The van der Waals surface area contributed by atoms with Gasteiger partial charge in [-0.25, -0.2) is 0 Å². The number of ether oxygens (including phenoxy) is 1. The number of amides is 1. The van der Waals surface area contributed by atoms with E-state index in [1.807, 2.05) is 19.9 Å². The smallest absolute Gasteiger partial charge is 0.232 e. The van der Waals surface area contributed by atoms with E-state index in [9.17, 15) is 4.79 Å². The zero-order chi connectivity index (χ0) is 8.06. The van der Waals surface area contributed by atoms with Gasteiger partial charge < -0.3 is 4.74 Å². The highest BCUT2D eigenvalue weighted by molar-refractivity contribution is 5.83. The van der Waals surface area contributed by atoms with E-state index in [0.717, 1.165) is 5.70 Å². The lowest BCUT2D eigenvalue weighted by Gasteiger charge is -2.27. The van der Waals surface area contributed by atoms with E-state index in [0.29, 0.717) is 13.0 Å². The number of carbonyl (C=O) groups is 1. The van der Waals surface area contributed by atoms with Gasteiger partial charge in [0, 0.05) is 12.1 Å². The summed E-state index contributed by atoms with van der Waals surface area (Å²) in [4.78, 5) is 13.0. The molecule has 0 N–H and O–H groups in total. The second-order valence-corrected chi connectivity index (χ2v) is 3.36. The molecule has 0 saturated carbocycles. The summed E-state index contributed by atoms with van der Waals surface area (Å²) in [5.41, 5.74) is 0.611. The molecule has 0 aromatic carbocycles. The molecule has 1 fully saturated rings. The lowest BCUT2D eigenvalue weighted by Crippen LogP contribution is -2.40. The van der Waals surface area contributed by atoms with Crippen LogP contribution in [0.4, 0.5) is 0 Å². The Bertz CT molecular complexity index is 242. The molecule has 1 saturated heterocycles. The topological polar surface area (TPSA) is 29.5 Å². The molecule has 60 valence electrons. The van der Waals surface area contributed by atoms with Crippen LogP contribution >= 0.6 is 0 Å². The molecule has 11 heavy (non-hydrogen) atoms. The quantitative estimate of drug-likeness (QED) is 0.516. The molecule has 3 nitrogen and oxygen atoms in total. The van der Waals surface area contributed by atoms with E-state index in [4.69, 9.17) is 4.74 Å². The Morgan fingerprint density at radius 1 is 1.64 bits per heavy atom. The highest BCUT2D eigenvalue weighted by Crippen LogP contribution is 2.34. The van der Waals surface area contributed by atoms with Crippen LogP contribution in [0.25, 0.3) is 0 Å². The van der Waals surface area contributed by atoms with Crippen molar-refractivity contribution >= 4 is 5.91 Å². The fraction of sp³-hybridized carbons (Fsp3) is 0.625. The molecule has 0 aliphatic carbocycles. The maximum absolute atomic E-state index is 11.3.